The maximum absolute atomic E-state index is 13.0. The predicted molar refractivity (Wildman–Crippen MR) is 132 cm³/mol. The number of ketones is 1. The minimum absolute atomic E-state index is 0.0117. The first-order valence-corrected chi connectivity index (χ1v) is 11.3. The average molecular weight is 495 g/mol. The number of nitro groups is 1. The van der Waals surface area contributed by atoms with Crippen LogP contribution in [0.1, 0.15) is 51.3 Å². The van der Waals surface area contributed by atoms with Crippen molar-refractivity contribution in [1.82, 2.24) is 0 Å². The number of nitro benzene ring substituents is 1. The normalized spacial score (nSPS) is 10.5. The molecule has 0 saturated heterocycles. The first kappa shape index (κ1) is 25.6. The number of nitrogens with zero attached hydrogens (tertiary/aromatic N) is 1. The smallest absolute Gasteiger partial charge is 0.339 e. The van der Waals surface area contributed by atoms with Crippen LogP contribution in [0.2, 0.25) is 5.02 Å². The Morgan fingerprint density at radius 3 is 2.17 bits per heavy atom. The monoisotopic (exact) mass is 494 g/mol. The Morgan fingerprint density at radius 1 is 0.943 bits per heavy atom. The molecule has 180 valence electrons. The van der Waals surface area contributed by atoms with E-state index in [2.05, 4.69) is 5.32 Å². The summed E-state index contributed by atoms with van der Waals surface area (Å²) in [5.74, 6) is -2.00. The van der Waals surface area contributed by atoms with Crippen LogP contribution in [0.3, 0.4) is 0 Å². The number of benzene rings is 3. The number of anilines is 1. The maximum atomic E-state index is 13.0. The second-order valence-corrected chi connectivity index (χ2v) is 7.99. The van der Waals surface area contributed by atoms with Crippen molar-refractivity contribution >= 4 is 40.6 Å². The summed E-state index contributed by atoms with van der Waals surface area (Å²) in [5, 5.41) is 13.9. The van der Waals surface area contributed by atoms with Gasteiger partial charge in [0.15, 0.2) is 12.4 Å². The molecule has 8 nitrogen and oxygen atoms in total. The Bertz CT molecular complexity index is 1280. The lowest BCUT2D eigenvalue weighted by molar-refractivity contribution is -0.384. The number of halogens is 1. The molecule has 1 N–H and O–H groups in total. The Morgan fingerprint density at radius 2 is 1.57 bits per heavy atom. The Balaban J connectivity index is 1.77. The van der Waals surface area contributed by atoms with E-state index in [9.17, 15) is 24.5 Å². The summed E-state index contributed by atoms with van der Waals surface area (Å²) in [7, 11) is 0. The van der Waals surface area contributed by atoms with Crippen LogP contribution in [0.4, 0.5) is 11.4 Å². The van der Waals surface area contributed by atoms with Gasteiger partial charge in [-0.05, 0) is 42.2 Å². The summed E-state index contributed by atoms with van der Waals surface area (Å²) in [6.45, 7) is 3.41. The minimum atomic E-state index is -0.868. The molecule has 0 saturated carbocycles. The third kappa shape index (κ3) is 5.91. The van der Waals surface area contributed by atoms with Crippen LogP contribution in [0.5, 0.6) is 0 Å². The standard InChI is InChI=1S/C26H23ClN2O6/c1-3-16-8-7-9-17(4-2)24(16)28-23(30)15-35-26(32)20-11-6-5-10-19(20)25(31)18-12-13-21(27)22(14-18)29(33)34/h5-14H,3-4,15H2,1-2H3,(H,28,30). The Kier molecular flexibility index (Phi) is 8.33. The van der Waals surface area contributed by atoms with E-state index >= 15 is 0 Å². The molecule has 0 fully saturated rings. The van der Waals surface area contributed by atoms with Gasteiger partial charge >= 0.3 is 5.97 Å². The largest absolute Gasteiger partial charge is 0.452 e. The molecule has 3 aromatic rings. The van der Waals surface area contributed by atoms with Crippen LogP contribution in [-0.4, -0.2) is 29.2 Å². The lowest BCUT2D eigenvalue weighted by Gasteiger charge is -2.14. The van der Waals surface area contributed by atoms with E-state index < -0.39 is 34.9 Å². The van der Waals surface area contributed by atoms with Crippen LogP contribution in [0, 0.1) is 10.1 Å². The summed E-state index contributed by atoms with van der Waals surface area (Å²) in [5.41, 5.74) is 2.13. The highest BCUT2D eigenvalue weighted by Crippen LogP contribution is 2.27. The van der Waals surface area contributed by atoms with Crippen molar-refractivity contribution in [2.45, 2.75) is 26.7 Å². The van der Waals surface area contributed by atoms with Crippen LogP contribution >= 0.6 is 11.6 Å². The number of rotatable bonds is 9. The molecule has 0 bridgehead atoms. The van der Waals surface area contributed by atoms with Crippen molar-refractivity contribution in [2.24, 2.45) is 0 Å². The number of hydrogen-bond donors (Lipinski definition) is 1. The molecule has 0 spiro atoms. The second kappa shape index (κ2) is 11.4. The van der Waals surface area contributed by atoms with Crippen molar-refractivity contribution in [1.29, 1.82) is 0 Å². The zero-order chi connectivity index (χ0) is 25.5. The van der Waals surface area contributed by atoms with E-state index in [0.717, 1.165) is 30.0 Å². The quantitative estimate of drug-likeness (QED) is 0.184. The summed E-state index contributed by atoms with van der Waals surface area (Å²) < 4.78 is 5.18. The molecule has 0 heterocycles. The second-order valence-electron chi connectivity index (χ2n) is 7.58. The average Bonchev–Trinajstić information content (AvgIpc) is 2.87. The van der Waals surface area contributed by atoms with Crippen molar-refractivity contribution in [3.05, 3.63) is 104 Å². The molecule has 0 aliphatic rings. The van der Waals surface area contributed by atoms with Crippen LogP contribution in [0.15, 0.2) is 60.7 Å². The fourth-order valence-corrected chi connectivity index (χ4v) is 3.78. The van der Waals surface area contributed by atoms with Gasteiger partial charge in [-0.3, -0.25) is 19.7 Å². The van der Waals surface area contributed by atoms with Gasteiger partial charge in [0, 0.05) is 22.9 Å². The number of amides is 1. The van der Waals surface area contributed by atoms with E-state index in [1.807, 2.05) is 32.0 Å². The van der Waals surface area contributed by atoms with Gasteiger partial charge in [0.05, 0.1) is 10.5 Å². The number of para-hydroxylation sites is 1. The minimum Gasteiger partial charge on any atom is -0.452 e. The van der Waals surface area contributed by atoms with Gasteiger partial charge in [-0.15, -0.1) is 0 Å². The molecule has 0 atom stereocenters. The van der Waals surface area contributed by atoms with Crippen molar-refractivity contribution in [2.75, 3.05) is 11.9 Å². The van der Waals surface area contributed by atoms with Gasteiger partial charge in [0.1, 0.15) is 5.02 Å². The van der Waals surface area contributed by atoms with Gasteiger partial charge in [-0.25, -0.2) is 4.79 Å². The van der Waals surface area contributed by atoms with Gasteiger partial charge in [-0.1, -0.05) is 61.8 Å². The number of carbonyl (C=O) groups excluding carboxylic acids is 3. The molecular formula is C26H23ClN2O6. The fraction of sp³-hybridized carbons (Fsp3) is 0.192. The summed E-state index contributed by atoms with van der Waals surface area (Å²) >= 11 is 5.83. The topological polar surface area (TPSA) is 116 Å². The molecular weight excluding hydrogens is 472 g/mol. The molecule has 0 radical (unpaired) electrons. The molecule has 3 rings (SSSR count). The number of aryl methyl sites for hydroxylation is 2. The summed E-state index contributed by atoms with van der Waals surface area (Å²) in [6.07, 6.45) is 1.45. The van der Waals surface area contributed by atoms with E-state index in [0.29, 0.717) is 5.69 Å². The Labute approximate surface area is 207 Å². The highest BCUT2D eigenvalue weighted by molar-refractivity contribution is 6.33. The zero-order valence-corrected chi connectivity index (χ0v) is 19.9. The highest BCUT2D eigenvalue weighted by atomic mass is 35.5. The molecule has 9 heteroatoms. The first-order valence-electron chi connectivity index (χ1n) is 10.9. The van der Waals surface area contributed by atoms with E-state index in [-0.39, 0.29) is 21.7 Å². The third-order valence-corrected chi connectivity index (χ3v) is 5.71. The number of nitrogens with one attached hydrogen (secondary N) is 1. The molecule has 0 unspecified atom stereocenters. The van der Waals surface area contributed by atoms with Crippen LogP contribution in [-0.2, 0) is 22.4 Å². The van der Waals surface area contributed by atoms with Crippen LogP contribution in [0.25, 0.3) is 0 Å². The van der Waals surface area contributed by atoms with E-state index in [1.54, 1.807) is 12.1 Å². The van der Waals surface area contributed by atoms with Crippen LogP contribution < -0.4 is 5.32 Å². The molecule has 3 aromatic carbocycles. The van der Waals surface area contributed by atoms with Gasteiger partial charge in [-0.2, -0.15) is 0 Å². The van der Waals surface area contributed by atoms with Crippen molar-refractivity contribution < 1.29 is 24.0 Å². The van der Waals surface area contributed by atoms with Gasteiger partial charge in [0.2, 0.25) is 0 Å². The Hall–Kier alpha value is -4.04. The van der Waals surface area contributed by atoms with E-state index in [1.165, 1.54) is 24.3 Å². The summed E-state index contributed by atoms with van der Waals surface area (Å²) in [4.78, 5) is 48.8. The lowest BCUT2D eigenvalue weighted by atomic mass is 9.98. The zero-order valence-electron chi connectivity index (χ0n) is 19.2. The van der Waals surface area contributed by atoms with E-state index in [4.69, 9.17) is 16.3 Å². The predicted octanol–water partition coefficient (Wildman–Crippen LogP) is 5.40. The number of esters is 1. The van der Waals surface area contributed by atoms with Gasteiger partial charge < -0.3 is 10.1 Å². The first-order chi connectivity index (χ1) is 16.8. The number of carbonyl (C=O) groups is 3. The fourth-order valence-electron chi connectivity index (χ4n) is 3.60. The molecule has 0 aromatic heterocycles. The SMILES string of the molecule is CCc1cccc(CC)c1NC(=O)COC(=O)c1ccccc1C(=O)c1ccc(Cl)c([N+](=O)[O-])c1. The van der Waals surface area contributed by atoms with Crippen molar-refractivity contribution in [3.8, 4) is 0 Å². The molecule has 0 aliphatic heterocycles. The number of hydrogen-bond acceptors (Lipinski definition) is 6. The number of ether oxygens (including phenoxy) is 1. The maximum Gasteiger partial charge on any atom is 0.339 e. The summed E-state index contributed by atoms with van der Waals surface area (Å²) in [6, 6.07) is 15.3. The molecule has 0 aliphatic carbocycles. The highest BCUT2D eigenvalue weighted by Gasteiger charge is 2.23. The van der Waals surface area contributed by atoms with Crippen molar-refractivity contribution in [3.63, 3.8) is 0 Å². The third-order valence-electron chi connectivity index (χ3n) is 5.39. The lowest BCUT2D eigenvalue weighted by Crippen LogP contribution is -2.23. The van der Waals surface area contributed by atoms with Gasteiger partial charge in [0.25, 0.3) is 11.6 Å². The molecule has 1 amide bonds. The molecule has 35 heavy (non-hydrogen) atoms.